The zero-order valence-electron chi connectivity index (χ0n) is 8.73. The lowest BCUT2D eigenvalue weighted by molar-refractivity contribution is 0.508. The van der Waals surface area contributed by atoms with Crippen LogP contribution in [0.15, 0.2) is 18.2 Å². The zero-order valence-corrected chi connectivity index (χ0v) is 8.73. The molecule has 0 spiro atoms. The van der Waals surface area contributed by atoms with Gasteiger partial charge in [-0.2, -0.15) is 0 Å². The molecule has 1 aromatic carbocycles. The van der Waals surface area contributed by atoms with Crippen molar-refractivity contribution in [3.63, 3.8) is 0 Å². The molecule has 0 radical (unpaired) electrons. The van der Waals surface area contributed by atoms with Gasteiger partial charge in [0, 0.05) is 11.2 Å². The maximum atomic E-state index is 13.0. The predicted octanol–water partition coefficient (Wildman–Crippen LogP) is 3.35. The van der Waals surface area contributed by atoms with E-state index in [1.165, 1.54) is 6.07 Å². The highest BCUT2D eigenvalue weighted by molar-refractivity contribution is 5.53. The fraction of sp³-hybridized carbons (Fsp3) is 0.500. The molecule has 0 aromatic heterocycles. The van der Waals surface area contributed by atoms with Gasteiger partial charge in [0.2, 0.25) is 0 Å². The normalized spacial score (nSPS) is 19.4. The Bertz CT molecular complexity index is 344. The summed E-state index contributed by atoms with van der Waals surface area (Å²) in [5.74, 6) is -0.134. The number of hydrogen-bond donors (Lipinski definition) is 1. The van der Waals surface area contributed by atoms with Crippen LogP contribution in [0.25, 0.3) is 0 Å². The van der Waals surface area contributed by atoms with Crippen molar-refractivity contribution in [3.05, 3.63) is 29.6 Å². The smallest absolute Gasteiger partial charge is 0.123 e. The van der Waals surface area contributed by atoms with Crippen LogP contribution in [-0.4, -0.2) is 5.54 Å². The highest BCUT2D eigenvalue weighted by Crippen LogP contribution is 2.29. The van der Waals surface area contributed by atoms with Crippen molar-refractivity contribution in [3.8, 4) is 0 Å². The Hall–Kier alpha value is -1.05. The van der Waals surface area contributed by atoms with E-state index in [9.17, 15) is 4.39 Å². The van der Waals surface area contributed by atoms with Crippen LogP contribution in [-0.2, 0) is 6.42 Å². The lowest BCUT2D eigenvalue weighted by Crippen LogP contribution is -2.29. The van der Waals surface area contributed by atoms with E-state index in [-0.39, 0.29) is 11.4 Å². The number of fused-ring (bicyclic) bond motifs is 1. The van der Waals surface area contributed by atoms with Crippen LogP contribution in [0.3, 0.4) is 0 Å². The average molecular weight is 193 g/mol. The maximum Gasteiger partial charge on any atom is 0.123 e. The summed E-state index contributed by atoms with van der Waals surface area (Å²) >= 11 is 0. The molecule has 1 N–H and O–H groups in total. The fourth-order valence-corrected chi connectivity index (χ4v) is 2.04. The number of anilines is 1. The minimum absolute atomic E-state index is 0.128. The SMILES string of the molecule is CC1(C)CCCc2cc(F)ccc2N1. The zero-order chi connectivity index (χ0) is 10.2. The Kier molecular flexibility index (Phi) is 2.22. The molecule has 0 saturated heterocycles. The van der Waals surface area contributed by atoms with Crippen molar-refractivity contribution >= 4 is 5.69 Å². The number of benzene rings is 1. The topological polar surface area (TPSA) is 12.0 Å². The highest BCUT2D eigenvalue weighted by Gasteiger charge is 2.21. The van der Waals surface area contributed by atoms with Gasteiger partial charge >= 0.3 is 0 Å². The van der Waals surface area contributed by atoms with E-state index in [0.29, 0.717) is 0 Å². The molecule has 2 heteroatoms. The molecule has 0 unspecified atom stereocenters. The Labute approximate surface area is 84.3 Å². The lowest BCUT2D eigenvalue weighted by Gasteiger charge is -2.25. The number of hydrogen-bond acceptors (Lipinski definition) is 1. The first-order valence-electron chi connectivity index (χ1n) is 5.13. The monoisotopic (exact) mass is 193 g/mol. The molecule has 76 valence electrons. The van der Waals surface area contributed by atoms with Gasteiger partial charge in [-0.15, -0.1) is 0 Å². The summed E-state index contributed by atoms with van der Waals surface area (Å²) in [6.45, 7) is 4.37. The molecule has 14 heavy (non-hydrogen) atoms. The van der Waals surface area contributed by atoms with Crippen molar-refractivity contribution in [1.29, 1.82) is 0 Å². The molecule has 2 rings (SSSR count). The van der Waals surface area contributed by atoms with E-state index < -0.39 is 0 Å². The Morgan fingerprint density at radius 3 is 2.93 bits per heavy atom. The Morgan fingerprint density at radius 1 is 1.36 bits per heavy atom. The molecule has 0 atom stereocenters. The third-order valence-electron chi connectivity index (χ3n) is 2.79. The van der Waals surface area contributed by atoms with Crippen LogP contribution in [0.2, 0.25) is 0 Å². The van der Waals surface area contributed by atoms with E-state index >= 15 is 0 Å². The molecule has 1 nitrogen and oxygen atoms in total. The molecule has 1 aliphatic heterocycles. The average Bonchev–Trinajstić information content (AvgIpc) is 2.22. The minimum atomic E-state index is -0.134. The largest absolute Gasteiger partial charge is 0.380 e. The van der Waals surface area contributed by atoms with Gasteiger partial charge < -0.3 is 5.32 Å². The molecule has 0 bridgehead atoms. The van der Waals surface area contributed by atoms with Crippen molar-refractivity contribution in [1.82, 2.24) is 0 Å². The number of halogens is 1. The summed E-state index contributed by atoms with van der Waals surface area (Å²) in [5, 5.41) is 3.46. The summed E-state index contributed by atoms with van der Waals surface area (Å²) in [6.07, 6.45) is 3.23. The summed E-state index contributed by atoms with van der Waals surface area (Å²) in [7, 11) is 0. The standard InChI is InChI=1S/C12H16FN/c1-12(2)7-3-4-9-8-10(13)5-6-11(9)14-12/h5-6,8,14H,3-4,7H2,1-2H3. The summed E-state index contributed by atoms with van der Waals surface area (Å²) in [5.41, 5.74) is 2.33. The van der Waals surface area contributed by atoms with Crippen LogP contribution in [0, 0.1) is 5.82 Å². The molecular formula is C12H16FN. The minimum Gasteiger partial charge on any atom is -0.380 e. The quantitative estimate of drug-likeness (QED) is 0.666. The van der Waals surface area contributed by atoms with E-state index in [1.807, 2.05) is 6.07 Å². The molecule has 0 saturated carbocycles. The summed E-state index contributed by atoms with van der Waals surface area (Å²) in [6, 6.07) is 5.01. The first-order chi connectivity index (χ1) is 6.57. The summed E-state index contributed by atoms with van der Waals surface area (Å²) in [4.78, 5) is 0. The van der Waals surface area contributed by atoms with Gasteiger partial charge in [0.25, 0.3) is 0 Å². The van der Waals surface area contributed by atoms with Gasteiger partial charge in [-0.1, -0.05) is 0 Å². The van der Waals surface area contributed by atoms with Gasteiger partial charge in [-0.3, -0.25) is 0 Å². The van der Waals surface area contributed by atoms with Crippen LogP contribution in [0.4, 0.5) is 10.1 Å². The number of rotatable bonds is 0. The second kappa shape index (κ2) is 3.26. The molecule has 0 fully saturated rings. The number of aryl methyl sites for hydroxylation is 1. The maximum absolute atomic E-state index is 13.0. The predicted molar refractivity (Wildman–Crippen MR) is 57.0 cm³/mol. The third-order valence-corrected chi connectivity index (χ3v) is 2.79. The fourth-order valence-electron chi connectivity index (χ4n) is 2.04. The van der Waals surface area contributed by atoms with Crippen LogP contribution < -0.4 is 5.32 Å². The second-order valence-electron chi connectivity index (χ2n) is 4.66. The highest BCUT2D eigenvalue weighted by atomic mass is 19.1. The van der Waals surface area contributed by atoms with E-state index in [2.05, 4.69) is 19.2 Å². The van der Waals surface area contributed by atoms with Gasteiger partial charge in [-0.05, 0) is 56.9 Å². The third kappa shape index (κ3) is 1.89. The summed E-state index contributed by atoms with van der Waals surface area (Å²) < 4.78 is 13.0. The van der Waals surface area contributed by atoms with E-state index in [1.54, 1.807) is 6.07 Å². The molecule has 0 amide bonds. The Balaban J connectivity index is 2.37. The molecule has 1 aromatic rings. The van der Waals surface area contributed by atoms with Crippen molar-refractivity contribution in [2.24, 2.45) is 0 Å². The second-order valence-corrected chi connectivity index (χ2v) is 4.66. The van der Waals surface area contributed by atoms with Gasteiger partial charge in [-0.25, -0.2) is 4.39 Å². The van der Waals surface area contributed by atoms with E-state index in [4.69, 9.17) is 0 Å². The van der Waals surface area contributed by atoms with Gasteiger partial charge in [0.15, 0.2) is 0 Å². The number of nitrogens with one attached hydrogen (secondary N) is 1. The van der Waals surface area contributed by atoms with Crippen LogP contribution in [0.5, 0.6) is 0 Å². The van der Waals surface area contributed by atoms with E-state index in [0.717, 1.165) is 30.5 Å². The van der Waals surface area contributed by atoms with Gasteiger partial charge in [0.05, 0.1) is 0 Å². The molecule has 1 heterocycles. The van der Waals surface area contributed by atoms with Crippen LogP contribution in [0.1, 0.15) is 32.3 Å². The van der Waals surface area contributed by atoms with Crippen molar-refractivity contribution < 1.29 is 4.39 Å². The molecule has 1 aliphatic rings. The molecule has 0 aliphatic carbocycles. The first-order valence-corrected chi connectivity index (χ1v) is 5.13. The Morgan fingerprint density at radius 2 is 2.14 bits per heavy atom. The lowest BCUT2D eigenvalue weighted by atomic mass is 9.99. The van der Waals surface area contributed by atoms with Crippen molar-refractivity contribution in [2.45, 2.75) is 38.6 Å². The van der Waals surface area contributed by atoms with Gasteiger partial charge in [0.1, 0.15) is 5.82 Å². The molecular weight excluding hydrogens is 177 g/mol. The first kappa shape index (κ1) is 9.50. The van der Waals surface area contributed by atoms with Crippen LogP contribution >= 0.6 is 0 Å². The van der Waals surface area contributed by atoms with Crippen molar-refractivity contribution in [2.75, 3.05) is 5.32 Å².